The van der Waals surface area contributed by atoms with Crippen molar-refractivity contribution in [2.75, 3.05) is 0 Å². The average Bonchev–Trinajstić information content (AvgIpc) is 2.83. The molecule has 0 radical (unpaired) electrons. The molecule has 0 amide bonds. The Bertz CT molecular complexity index is 720. The number of benzene rings is 1. The van der Waals surface area contributed by atoms with E-state index in [4.69, 9.17) is 4.42 Å². The summed E-state index contributed by atoms with van der Waals surface area (Å²) in [5.41, 5.74) is 5.27. The molecule has 0 aliphatic carbocycles. The van der Waals surface area contributed by atoms with Gasteiger partial charge in [-0.05, 0) is 43.2 Å². The molecule has 0 unspecified atom stereocenters. The SMILES string of the molecule is CCC[n+]1cccc(-c2nc3cc(C)c(C)cc3o2)c1. The van der Waals surface area contributed by atoms with Gasteiger partial charge in [-0.1, -0.05) is 6.92 Å². The van der Waals surface area contributed by atoms with Crippen LogP contribution in [0.15, 0.2) is 41.1 Å². The molecule has 0 atom stereocenters. The Morgan fingerprint density at radius 3 is 2.80 bits per heavy atom. The van der Waals surface area contributed by atoms with Crippen molar-refractivity contribution in [3.8, 4) is 11.5 Å². The summed E-state index contributed by atoms with van der Waals surface area (Å²) in [4.78, 5) is 4.61. The second-order valence-electron chi connectivity index (χ2n) is 5.25. The normalized spacial score (nSPS) is 11.2. The van der Waals surface area contributed by atoms with Gasteiger partial charge in [-0.25, -0.2) is 9.55 Å². The van der Waals surface area contributed by atoms with Crippen LogP contribution in [-0.4, -0.2) is 4.98 Å². The van der Waals surface area contributed by atoms with E-state index in [1.165, 1.54) is 11.1 Å². The predicted molar refractivity (Wildman–Crippen MR) is 79.4 cm³/mol. The molecule has 0 saturated carbocycles. The Kier molecular flexibility index (Phi) is 3.26. The zero-order valence-corrected chi connectivity index (χ0v) is 12.2. The van der Waals surface area contributed by atoms with Gasteiger partial charge in [0, 0.05) is 12.5 Å². The van der Waals surface area contributed by atoms with E-state index < -0.39 is 0 Å². The highest BCUT2D eigenvalue weighted by Crippen LogP contribution is 2.25. The van der Waals surface area contributed by atoms with Crippen molar-refractivity contribution >= 4 is 11.1 Å². The van der Waals surface area contributed by atoms with Crippen LogP contribution in [0.1, 0.15) is 24.5 Å². The molecule has 2 heterocycles. The molecule has 2 aromatic heterocycles. The number of oxazole rings is 1. The summed E-state index contributed by atoms with van der Waals surface area (Å²) in [7, 11) is 0. The maximum absolute atomic E-state index is 5.90. The van der Waals surface area contributed by atoms with Gasteiger partial charge in [0.05, 0.1) is 0 Å². The van der Waals surface area contributed by atoms with E-state index in [0.29, 0.717) is 5.89 Å². The molecule has 1 aromatic carbocycles. The summed E-state index contributed by atoms with van der Waals surface area (Å²) in [5, 5.41) is 0. The topological polar surface area (TPSA) is 29.9 Å². The summed E-state index contributed by atoms with van der Waals surface area (Å²) in [6.07, 6.45) is 5.28. The number of nitrogens with zero attached hydrogens (tertiary/aromatic N) is 2. The molecule has 3 heteroatoms. The maximum Gasteiger partial charge on any atom is 0.233 e. The Hall–Kier alpha value is -2.16. The second-order valence-corrected chi connectivity index (χ2v) is 5.25. The first-order chi connectivity index (χ1) is 9.67. The predicted octanol–water partition coefficient (Wildman–Crippen LogP) is 3.81. The van der Waals surface area contributed by atoms with Gasteiger partial charge in [0.25, 0.3) is 0 Å². The van der Waals surface area contributed by atoms with E-state index in [0.717, 1.165) is 29.6 Å². The highest BCUT2D eigenvalue weighted by atomic mass is 16.3. The number of fused-ring (bicyclic) bond motifs is 1. The fourth-order valence-electron chi connectivity index (χ4n) is 2.35. The van der Waals surface area contributed by atoms with Crippen molar-refractivity contribution in [3.63, 3.8) is 0 Å². The minimum absolute atomic E-state index is 0.690. The van der Waals surface area contributed by atoms with Crippen LogP contribution in [0.3, 0.4) is 0 Å². The van der Waals surface area contributed by atoms with Gasteiger partial charge in [0.2, 0.25) is 5.89 Å². The van der Waals surface area contributed by atoms with Gasteiger partial charge in [-0.15, -0.1) is 0 Å². The Balaban J connectivity index is 2.07. The quantitative estimate of drug-likeness (QED) is 0.675. The van der Waals surface area contributed by atoms with Gasteiger partial charge in [0.15, 0.2) is 18.0 Å². The van der Waals surface area contributed by atoms with E-state index in [1.54, 1.807) is 0 Å². The lowest BCUT2D eigenvalue weighted by Crippen LogP contribution is -2.32. The molecule has 0 spiro atoms. The Morgan fingerprint density at radius 2 is 2.00 bits per heavy atom. The van der Waals surface area contributed by atoms with E-state index in [2.05, 4.69) is 54.8 Å². The molecular weight excluding hydrogens is 248 g/mol. The van der Waals surface area contributed by atoms with Crippen LogP contribution in [0, 0.1) is 13.8 Å². The molecule has 102 valence electrons. The summed E-state index contributed by atoms with van der Waals surface area (Å²) in [6.45, 7) is 7.37. The van der Waals surface area contributed by atoms with Gasteiger partial charge < -0.3 is 4.42 Å². The number of hydrogen-bond donors (Lipinski definition) is 0. The van der Waals surface area contributed by atoms with Crippen LogP contribution in [0.2, 0.25) is 0 Å². The third-order valence-corrected chi connectivity index (χ3v) is 3.59. The number of pyridine rings is 1. The highest BCUT2D eigenvalue weighted by molar-refractivity contribution is 5.77. The van der Waals surface area contributed by atoms with Crippen LogP contribution >= 0.6 is 0 Å². The molecule has 20 heavy (non-hydrogen) atoms. The van der Waals surface area contributed by atoms with Crippen LogP contribution in [-0.2, 0) is 6.54 Å². The van der Waals surface area contributed by atoms with Gasteiger partial charge >= 0.3 is 0 Å². The van der Waals surface area contributed by atoms with E-state index in [-0.39, 0.29) is 0 Å². The minimum atomic E-state index is 0.690. The maximum atomic E-state index is 5.90. The number of hydrogen-bond acceptors (Lipinski definition) is 2. The lowest BCUT2D eigenvalue weighted by molar-refractivity contribution is -0.696. The molecular formula is C17H19N2O+. The highest BCUT2D eigenvalue weighted by Gasteiger charge is 2.12. The lowest BCUT2D eigenvalue weighted by Gasteiger charge is -1.96. The molecule has 3 nitrogen and oxygen atoms in total. The molecule has 0 bridgehead atoms. The first-order valence-corrected chi connectivity index (χ1v) is 7.04. The second kappa shape index (κ2) is 5.08. The van der Waals surface area contributed by atoms with Crippen molar-refractivity contribution in [1.82, 2.24) is 4.98 Å². The summed E-state index contributed by atoms with van der Waals surface area (Å²) in [5.74, 6) is 0.690. The lowest BCUT2D eigenvalue weighted by atomic mass is 10.1. The van der Waals surface area contributed by atoms with Crippen LogP contribution < -0.4 is 4.57 Å². The fourth-order valence-corrected chi connectivity index (χ4v) is 2.35. The Labute approximate surface area is 118 Å². The van der Waals surface area contributed by atoms with Gasteiger partial charge in [0.1, 0.15) is 17.6 Å². The van der Waals surface area contributed by atoms with E-state index >= 15 is 0 Å². The largest absolute Gasteiger partial charge is 0.436 e. The number of rotatable bonds is 3. The summed E-state index contributed by atoms with van der Waals surface area (Å²) < 4.78 is 8.07. The molecule has 0 aliphatic rings. The van der Waals surface area contributed by atoms with Crippen molar-refractivity contribution < 1.29 is 8.98 Å². The zero-order chi connectivity index (χ0) is 14.1. The standard InChI is InChI=1S/C17H19N2O/c1-4-7-19-8-5-6-14(11-19)17-18-15-9-12(2)13(3)10-16(15)20-17/h5-6,8-11H,4,7H2,1-3H3/q+1. The molecule has 0 N–H and O–H groups in total. The molecule has 0 aliphatic heterocycles. The average molecular weight is 267 g/mol. The van der Waals surface area contributed by atoms with E-state index in [1.807, 2.05) is 12.1 Å². The van der Waals surface area contributed by atoms with Crippen molar-refractivity contribution in [2.45, 2.75) is 33.7 Å². The zero-order valence-electron chi connectivity index (χ0n) is 12.2. The van der Waals surface area contributed by atoms with Crippen molar-refractivity contribution in [1.29, 1.82) is 0 Å². The van der Waals surface area contributed by atoms with Crippen molar-refractivity contribution in [2.24, 2.45) is 0 Å². The van der Waals surface area contributed by atoms with Crippen molar-refractivity contribution in [3.05, 3.63) is 47.8 Å². The Morgan fingerprint density at radius 1 is 1.20 bits per heavy atom. The molecule has 3 rings (SSSR count). The first kappa shape index (κ1) is 12.9. The van der Waals surface area contributed by atoms with E-state index in [9.17, 15) is 0 Å². The number of aromatic nitrogens is 2. The minimum Gasteiger partial charge on any atom is -0.436 e. The first-order valence-electron chi connectivity index (χ1n) is 7.04. The number of aryl methyl sites for hydroxylation is 3. The smallest absolute Gasteiger partial charge is 0.233 e. The van der Waals surface area contributed by atoms with Crippen LogP contribution in [0.5, 0.6) is 0 Å². The third-order valence-electron chi connectivity index (χ3n) is 3.59. The third kappa shape index (κ3) is 2.31. The fraction of sp³-hybridized carbons (Fsp3) is 0.294. The summed E-state index contributed by atoms with van der Waals surface area (Å²) >= 11 is 0. The molecule has 0 fully saturated rings. The monoisotopic (exact) mass is 267 g/mol. The molecule has 3 aromatic rings. The van der Waals surface area contributed by atoms with Gasteiger partial charge in [-0.3, -0.25) is 0 Å². The van der Waals surface area contributed by atoms with Gasteiger partial charge in [-0.2, -0.15) is 0 Å². The summed E-state index contributed by atoms with van der Waals surface area (Å²) in [6, 6.07) is 8.22. The van der Waals surface area contributed by atoms with Crippen LogP contribution in [0.25, 0.3) is 22.6 Å². The molecule has 0 saturated heterocycles. The van der Waals surface area contributed by atoms with Crippen LogP contribution in [0.4, 0.5) is 0 Å².